The van der Waals surface area contributed by atoms with E-state index in [4.69, 9.17) is 16.6 Å². The first-order valence-corrected chi connectivity index (χ1v) is 11.3. The molecule has 0 bridgehead atoms. The van der Waals surface area contributed by atoms with Gasteiger partial charge >= 0.3 is 0 Å². The zero-order valence-electron chi connectivity index (χ0n) is 16.9. The third-order valence-corrected chi connectivity index (χ3v) is 6.74. The Morgan fingerprint density at radius 1 is 1.21 bits per heavy atom. The van der Waals surface area contributed by atoms with Crippen LogP contribution in [-0.2, 0) is 0 Å². The molecule has 3 rings (SSSR count). The van der Waals surface area contributed by atoms with Crippen molar-refractivity contribution in [2.75, 3.05) is 37.8 Å². The van der Waals surface area contributed by atoms with Gasteiger partial charge in [0.2, 0.25) is 0 Å². The van der Waals surface area contributed by atoms with Gasteiger partial charge < -0.3 is 4.90 Å². The van der Waals surface area contributed by atoms with Gasteiger partial charge in [0.15, 0.2) is 5.13 Å². The summed E-state index contributed by atoms with van der Waals surface area (Å²) >= 11 is 9.59. The van der Waals surface area contributed by atoms with Gasteiger partial charge in [-0.1, -0.05) is 42.0 Å². The first-order valence-electron chi connectivity index (χ1n) is 9.15. The summed E-state index contributed by atoms with van der Waals surface area (Å²) in [5, 5.41) is 1.36. The number of halogens is 2. The van der Waals surface area contributed by atoms with E-state index in [9.17, 15) is 4.79 Å². The maximum atomic E-state index is 13.4. The number of amides is 1. The number of carbonyl (C=O) groups is 1. The SMILES string of the molecule is CCSc1cccc(C(=O)N(CCN(C)C)c2nc3c(C)ccc(Cl)c3s2)c1.Cl. The molecule has 3 aromatic rings. The molecule has 0 unspecified atom stereocenters. The second-order valence-corrected chi connectivity index (χ2v) is 9.48. The van der Waals surface area contributed by atoms with E-state index in [1.54, 1.807) is 16.7 Å². The van der Waals surface area contributed by atoms with Crippen molar-refractivity contribution in [3.8, 4) is 0 Å². The van der Waals surface area contributed by atoms with Crippen LogP contribution in [0.25, 0.3) is 10.2 Å². The number of benzene rings is 2. The normalized spacial score (nSPS) is 11.0. The molecule has 1 heterocycles. The van der Waals surface area contributed by atoms with Crippen molar-refractivity contribution < 1.29 is 4.79 Å². The number of likely N-dealkylation sites (N-methyl/N-ethyl adjacent to an activating group) is 1. The van der Waals surface area contributed by atoms with Crippen molar-refractivity contribution in [1.82, 2.24) is 9.88 Å². The van der Waals surface area contributed by atoms with Crippen molar-refractivity contribution in [2.45, 2.75) is 18.7 Å². The Morgan fingerprint density at radius 3 is 2.62 bits per heavy atom. The number of nitrogens with zero attached hydrogens (tertiary/aromatic N) is 3. The second-order valence-electron chi connectivity index (χ2n) is 6.76. The van der Waals surface area contributed by atoms with E-state index < -0.39 is 0 Å². The first-order chi connectivity index (χ1) is 13.4. The Hall–Kier alpha value is -1.31. The molecule has 0 saturated heterocycles. The molecule has 0 saturated carbocycles. The summed E-state index contributed by atoms with van der Waals surface area (Å²) in [4.78, 5) is 23.1. The van der Waals surface area contributed by atoms with E-state index in [1.165, 1.54) is 11.3 Å². The van der Waals surface area contributed by atoms with Crippen molar-refractivity contribution in [3.05, 3.63) is 52.5 Å². The van der Waals surface area contributed by atoms with Crippen molar-refractivity contribution >= 4 is 68.4 Å². The van der Waals surface area contributed by atoms with Crippen LogP contribution in [0, 0.1) is 6.92 Å². The van der Waals surface area contributed by atoms with E-state index in [0.29, 0.717) is 22.3 Å². The Morgan fingerprint density at radius 2 is 1.97 bits per heavy atom. The molecule has 0 fully saturated rings. The third kappa shape index (κ3) is 5.64. The standard InChI is InChI=1S/C21H24ClN3OS2.ClH/c1-5-27-16-8-6-7-15(13-16)20(26)25(12-11-24(3)4)21-23-18-14(2)9-10-17(22)19(18)28-21;/h6-10,13H,5,11-12H2,1-4H3;1H. The van der Waals surface area contributed by atoms with E-state index in [0.717, 1.165) is 33.0 Å². The number of aryl methyl sites for hydroxylation is 1. The second kappa shape index (κ2) is 10.6. The van der Waals surface area contributed by atoms with Crippen LogP contribution in [0.3, 0.4) is 0 Å². The van der Waals surface area contributed by atoms with Crippen LogP contribution in [0.5, 0.6) is 0 Å². The molecular weight excluding hydrogens is 445 g/mol. The summed E-state index contributed by atoms with van der Waals surface area (Å²) < 4.78 is 0.926. The molecular formula is C21H25Cl2N3OS2. The van der Waals surface area contributed by atoms with Crippen LogP contribution in [0.4, 0.5) is 5.13 Å². The fourth-order valence-corrected chi connectivity index (χ4v) is 4.89. The van der Waals surface area contributed by atoms with Crippen LogP contribution in [0.2, 0.25) is 5.02 Å². The van der Waals surface area contributed by atoms with Gasteiger partial charge in [0, 0.05) is 23.5 Å². The number of anilines is 1. The van der Waals surface area contributed by atoms with Crippen LogP contribution in [-0.4, -0.2) is 48.7 Å². The summed E-state index contributed by atoms with van der Waals surface area (Å²) in [6, 6.07) is 11.7. The van der Waals surface area contributed by atoms with Gasteiger partial charge in [-0.05, 0) is 56.6 Å². The highest BCUT2D eigenvalue weighted by atomic mass is 35.5. The van der Waals surface area contributed by atoms with Gasteiger partial charge in [0.25, 0.3) is 5.91 Å². The van der Waals surface area contributed by atoms with Crippen LogP contribution in [0.15, 0.2) is 41.3 Å². The number of hydrogen-bond donors (Lipinski definition) is 0. The van der Waals surface area contributed by atoms with Gasteiger partial charge in [0.1, 0.15) is 0 Å². The number of hydrogen-bond acceptors (Lipinski definition) is 5. The average molecular weight is 470 g/mol. The quantitative estimate of drug-likeness (QED) is 0.397. The lowest BCUT2D eigenvalue weighted by atomic mass is 10.2. The molecule has 1 amide bonds. The minimum absolute atomic E-state index is 0. The topological polar surface area (TPSA) is 36.4 Å². The lowest BCUT2D eigenvalue weighted by molar-refractivity contribution is 0.0985. The number of thiazole rings is 1. The maximum absolute atomic E-state index is 13.4. The Balaban J connectivity index is 0.00000300. The Bertz CT molecular complexity index is 952. The van der Waals surface area contributed by atoms with E-state index in [1.807, 2.05) is 57.4 Å². The smallest absolute Gasteiger partial charge is 0.260 e. The molecule has 0 spiro atoms. The van der Waals surface area contributed by atoms with Gasteiger partial charge in [-0.25, -0.2) is 4.98 Å². The Kier molecular flexibility index (Phi) is 8.79. The predicted molar refractivity (Wildman–Crippen MR) is 130 cm³/mol. The van der Waals surface area contributed by atoms with Crippen molar-refractivity contribution in [1.29, 1.82) is 0 Å². The van der Waals surface area contributed by atoms with Crippen molar-refractivity contribution in [2.24, 2.45) is 0 Å². The molecule has 4 nitrogen and oxygen atoms in total. The minimum Gasteiger partial charge on any atom is -0.308 e. The summed E-state index contributed by atoms with van der Waals surface area (Å²) in [5.74, 6) is 0.936. The predicted octanol–water partition coefficient (Wildman–Crippen LogP) is 6.00. The monoisotopic (exact) mass is 469 g/mol. The highest BCUT2D eigenvalue weighted by Crippen LogP contribution is 2.36. The molecule has 0 N–H and O–H groups in total. The van der Waals surface area contributed by atoms with E-state index in [-0.39, 0.29) is 18.3 Å². The van der Waals surface area contributed by atoms with Gasteiger partial charge in [-0.2, -0.15) is 0 Å². The van der Waals surface area contributed by atoms with Crippen LogP contribution < -0.4 is 4.90 Å². The van der Waals surface area contributed by atoms with E-state index in [2.05, 4.69) is 11.8 Å². The number of fused-ring (bicyclic) bond motifs is 1. The fraction of sp³-hybridized carbons (Fsp3) is 0.333. The number of carbonyl (C=O) groups excluding carboxylic acids is 1. The molecule has 8 heteroatoms. The summed E-state index contributed by atoms with van der Waals surface area (Å²) in [7, 11) is 4.00. The highest BCUT2D eigenvalue weighted by molar-refractivity contribution is 7.99. The van der Waals surface area contributed by atoms with E-state index >= 15 is 0 Å². The zero-order valence-corrected chi connectivity index (χ0v) is 20.1. The number of thioether (sulfide) groups is 1. The number of aromatic nitrogens is 1. The lowest BCUT2D eigenvalue weighted by Crippen LogP contribution is -2.36. The van der Waals surface area contributed by atoms with Crippen LogP contribution >= 0.6 is 47.1 Å². The van der Waals surface area contributed by atoms with Crippen LogP contribution in [0.1, 0.15) is 22.8 Å². The summed E-state index contributed by atoms with van der Waals surface area (Å²) in [6.07, 6.45) is 0. The molecule has 0 atom stereocenters. The largest absolute Gasteiger partial charge is 0.308 e. The Labute approximate surface area is 191 Å². The highest BCUT2D eigenvalue weighted by Gasteiger charge is 2.22. The van der Waals surface area contributed by atoms with Gasteiger partial charge in [-0.3, -0.25) is 9.69 Å². The molecule has 1 aromatic heterocycles. The molecule has 0 aliphatic carbocycles. The van der Waals surface area contributed by atoms with Gasteiger partial charge in [-0.15, -0.1) is 24.2 Å². The average Bonchev–Trinajstić information content (AvgIpc) is 3.11. The number of rotatable bonds is 7. The fourth-order valence-electron chi connectivity index (χ4n) is 2.83. The third-order valence-electron chi connectivity index (χ3n) is 4.32. The minimum atomic E-state index is -0.0340. The zero-order chi connectivity index (χ0) is 20.3. The first kappa shape index (κ1) is 24.0. The van der Waals surface area contributed by atoms with Crippen molar-refractivity contribution in [3.63, 3.8) is 0 Å². The molecule has 0 aliphatic heterocycles. The molecule has 0 aliphatic rings. The summed E-state index contributed by atoms with van der Waals surface area (Å²) in [6.45, 7) is 5.43. The maximum Gasteiger partial charge on any atom is 0.260 e. The molecule has 2 aromatic carbocycles. The molecule has 0 radical (unpaired) electrons. The summed E-state index contributed by atoms with van der Waals surface area (Å²) in [5.41, 5.74) is 2.60. The molecule has 29 heavy (non-hydrogen) atoms. The lowest BCUT2D eigenvalue weighted by Gasteiger charge is -2.22. The molecule has 156 valence electrons. The van der Waals surface area contributed by atoms with Gasteiger partial charge in [0.05, 0.1) is 15.2 Å².